The number of nitrogens with one attached hydrogen (secondary N) is 1. The summed E-state index contributed by atoms with van der Waals surface area (Å²) in [7, 11) is 0. The normalized spacial score (nSPS) is 19.3. The van der Waals surface area contributed by atoms with E-state index in [4.69, 9.17) is 4.74 Å². The Bertz CT molecular complexity index is 299. The topological polar surface area (TPSA) is 54.4 Å². The highest BCUT2D eigenvalue weighted by atomic mass is 16.5. The maximum Gasteiger partial charge on any atom is 0.137 e. The van der Waals surface area contributed by atoms with Crippen molar-refractivity contribution in [1.82, 2.24) is 10.3 Å². The van der Waals surface area contributed by atoms with Crippen molar-refractivity contribution in [3.63, 3.8) is 0 Å². The number of aliphatic hydroxyl groups excluding tert-OH is 1. The Labute approximate surface area is 95.7 Å². The van der Waals surface area contributed by atoms with E-state index in [2.05, 4.69) is 10.3 Å². The number of rotatable bonds is 4. The van der Waals surface area contributed by atoms with Crippen molar-refractivity contribution in [2.45, 2.75) is 18.9 Å². The Morgan fingerprint density at radius 3 is 3.00 bits per heavy atom. The van der Waals surface area contributed by atoms with Crippen molar-refractivity contribution in [3.8, 4) is 5.75 Å². The van der Waals surface area contributed by atoms with E-state index in [1.165, 1.54) is 0 Å². The molecule has 0 radical (unpaired) electrons. The molecule has 1 unspecified atom stereocenters. The van der Waals surface area contributed by atoms with E-state index in [0.29, 0.717) is 12.5 Å². The largest absolute Gasteiger partial charge is 0.489 e. The smallest absolute Gasteiger partial charge is 0.137 e. The monoisotopic (exact) mass is 222 g/mol. The zero-order chi connectivity index (χ0) is 11.2. The molecule has 0 spiro atoms. The van der Waals surface area contributed by atoms with Gasteiger partial charge in [0.25, 0.3) is 0 Å². The number of ether oxygens (including phenoxy) is 1. The van der Waals surface area contributed by atoms with Crippen LogP contribution in [0.1, 0.15) is 12.8 Å². The van der Waals surface area contributed by atoms with Gasteiger partial charge >= 0.3 is 0 Å². The lowest BCUT2D eigenvalue weighted by Gasteiger charge is -2.27. The first-order valence-corrected chi connectivity index (χ1v) is 5.78. The van der Waals surface area contributed by atoms with Gasteiger partial charge in [0.2, 0.25) is 0 Å². The van der Waals surface area contributed by atoms with Crippen LogP contribution in [0.5, 0.6) is 5.75 Å². The van der Waals surface area contributed by atoms with E-state index in [0.717, 1.165) is 31.7 Å². The Balaban J connectivity index is 1.76. The van der Waals surface area contributed by atoms with Gasteiger partial charge in [-0.25, -0.2) is 0 Å². The second-order valence-corrected chi connectivity index (χ2v) is 4.15. The van der Waals surface area contributed by atoms with Gasteiger partial charge in [-0.1, -0.05) is 0 Å². The molecular weight excluding hydrogens is 204 g/mol. The molecule has 4 nitrogen and oxygen atoms in total. The highest BCUT2D eigenvalue weighted by molar-refractivity contribution is 5.15. The van der Waals surface area contributed by atoms with Crippen LogP contribution in [0, 0.1) is 5.92 Å². The minimum Gasteiger partial charge on any atom is -0.489 e. The van der Waals surface area contributed by atoms with E-state index in [1.807, 2.05) is 12.1 Å². The van der Waals surface area contributed by atoms with Crippen molar-refractivity contribution >= 4 is 0 Å². The van der Waals surface area contributed by atoms with Crippen LogP contribution in [0.4, 0.5) is 0 Å². The number of nitrogens with zero attached hydrogens (tertiary/aromatic N) is 1. The van der Waals surface area contributed by atoms with Crippen molar-refractivity contribution in [1.29, 1.82) is 0 Å². The van der Waals surface area contributed by atoms with Gasteiger partial charge in [0, 0.05) is 6.20 Å². The Morgan fingerprint density at radius 1 is 1.50 bits per heavy atom. The molecular formula is C12H18N2O2. The van der Waals surface area contributed by atoms with Gasteiger partial charge in [-0.2, -0.15) is 0 Å². The molecule has 1 aliphatic rings. The third-order valence-electron chi connectivity index (χ3n) is 2.98. The summed E-state index contributed by atoms with van der Waals surface area (Å²) in [6, 6.07) is 3.67. The zero-order valence-electron chi connectivity index (χ0n) is 9.30. The molecule has 1 aromatic heterocycles. The van der Waals surface area contributed by atoms with Crippen molar-refractivity contribution in [2.75, 3.05) is 19.7 Å². The average Bonchev–Trinajstić information content (AvgIpc) is 2.38. The fourth-order valence-corrected chi connectivity index (χ4v) is 1.98. The first kappa shape index (κ1) is 11.4. The second kappa shape index (κ2) is 5.82. The minimum atomic E-state index is -0.373. The minimum absolute atomic E-state index is 0.358. The van der Waals surface area contributed by atoms with E-state index < -0.39 is 0 Å². The van der Waals surface area contributed by atoms with Crippen LogP contribution in [0.2, 0.25) is 0 Å². The number of aromatic nitrogens is 1. The van der Waals surface area contributed by atoms with Gasteiger partial charge in [0.05, 0.1) is 12.3 Å². The molecule has 1 fully saturated rings. The zero-order valence-corrected chi connectivity index (χ0v) is 9.30. The lowest BCUT2D eigenvalue weighted by Crippen LogP contribution is -2.36. The van der Waals surface area contributed by atoms with Crippen molar-refractivity contribution < 1.29 is 9.84 Å². The molecule has 0 aromatic carbocycles. The lowest BCUT2D eigenvalue weighted by atomic mass is 9.93. The molecule has 1 aliphatic heterocycles. The maximum atomic E-state index is 9.96. The van der Waals surface area contributed by atoms with Gasteiger partial charge in [-0.05, 0) is 44.0 Å². The average molecular weight is 222 g/mol. The standard InChI is InChI=1S/C12H18N2O2/c15-12(10-3-6-13-7-4-10)9-16-11-2-1-5-14-8-11/h1-2,5,8,10,12-13,15H,3-4,6-7,9H2. The summed E-state index contributed by atoms with van der Waals surface area (Å²) in [5.41, 5.74) is 0. The molecule has 0 aliphatic carbocycles. The quantitative estimate of drug-likeness (QED) is 0.792. The molecule has 1 saturated heterocycles. The van der Waals surface area contributed by atoms with Gasteiger partial charge in [-0.3, -0.25) is 4.98 Å². The number of pyridine rings is 1. The summed E-state index contributed by atoms with van der Waals surface area (Å²) in [6.07, 6.45) is 5.04. The molecule has 16 heavy (non-hydrogen) atoms. The van der Waals surface area contributed by atoms with Gasteiger partial charge < -0.3 is 15.2 Å². The fraction of sp³-hybridized carbons (Fsp3) is 0.583. The highest BCUT2D eigenvalue weighted by Crippen LogP contribution is 2.17. The molecule has 0 saturated carbocycles. The molecule has 2 heterocycles. The van der Waals surface area contributed by atoms with Crippen LogP contribution in [-0.4, -0.2) is 35.9 Å². The molecule has 2 rings (SSSR count). The number of hydrogen-bond acceptors (Lipinski definition) is 4. The fourth-order valence-electron chi connectivity index (χ4n) is 1.98. The third kappa shape index (κ3) is 3.18. The SMILES string of the molecule is OC(COc1cccnc1)C1CCNCC1. The molecule has 0 bridgehead atoms. The number of aliphatic hydroxyl groups is 1. The molecule has 88 valence electrons. The van der Waals surface area contributed by atoms with E-state index in [1.54, 1.807) is 12.4 Å². The van der Waals surface area contributed by atoms with Gasteiger partial charge in [0.1, 0.15) is 12.4 Å². The van der Waals surface area contributed by atoms with Crippen LogP contribution in [0.15, 0.2) is 24.5 Å². The first-order chi connectivity index (χ1) is 7.86. The molecule has 4 heteroatoms. The summed E-state index contributed by atoms with van der Waals surface area (Å²) in [5.74, 6) is 1.08. The van der Waals surface area contributed by atoms with Crippen LogP contribution >= 0.6 is 0 Å². The Hall–Kier alpha value is -1.13. The van der Waals surface area contributed by atoms with Crippen LogP contribution in [-0.2, 0) is 0 Å². The summed E-state index contributed by atoms with van der Waals surface area (Å²) < 4.78 is 5.49. The number of piperidine rings is 1. The van der Waals surface area contributed by atoms with Crippen LogP contribution in [0.25, 0.3) is 0 Å². The van der Waals surface area contributed by atoms with E-state index >= 15 is 0 Å². The third-order valence-corrected chi connectivity index (χ3v) is 2.98. The van der Waals surface area contributed by atoms with E-state index in [-0.39, 0.29) is 6.10 Å². The Morgan fingerprint density at radius 2 is 2.31 bits per heavy atom. The lowest BCUT2D eigenvalue weighted by molar-refractivity contribution is 0.0441. The van der Waals surface area contributed by atoms with Crippen LogP contribution < -0.4 is 10.1 Å². The maximum absolute atomic E-state index is 9.96. The van der Waals surface area contributed by atoms with Crippen molar-refractivity contribution in [2.24, 2.45) is 5.92 Å². The molecule has 2 N–H and O–H groups in total. The molecule has 1 aromatic rings. The van der Waals surface area contributed by atoms with Gasteiger partial charge in [0.15, 0.2) is 0 Å². The van der Waals surface area contributed by atoms with Crippen molar-refractivity contribution in [3.05, 3.63) is 24.5 Å². The molecule has 1 atom stereocenters. The summed E-state index contributed by atoms with van der Waals surface area (Å²) in [4.78, 5) is 3.96. The highest BCUT2D eigenvalue weighted by Gasteiger charge is 2.21. The predicted molar refractivity (Wildman–Crippen MR) is 61.3 cm³/mol. The Kier molecular flexibility index (Phi) is 4.13. The first-order valence-electron chi connectivity index (χ1n) is 5.78. The van der Waals surface area contributed by atoms with E-state index in [9.17, 15) is 5.11 Å². The second-order valence-electron chi connectivity index (χ2n) is 4.15. The predicted octanol–water partition coefficient (Wildman–Crippen LogP) is 0.821. The molecule has 0 amide bonds. The number of hydrogen-bond donors (Lipinski definition) is 2. The van der Waals surface area contributed by atoms with Gasteiger partial charge in [-0.15, -0.1) is 0 Å². The summed E-state index contributed by atoms with van der Waals surface area (Å²) in [6.45, 7) is 2.35. The van der Waals surface area contributed by atoms with Crippen LogP contribution in [0.3, 0.4) is 0 Å². The summed E-state index contributed by atoms with van der Waals surface area (Å²) >= 11 is 0. The summed E-state index contributed by atoms with van der Waals surface area (Å²) in [5, 5.41) is 13.2.